The lowest BCUT2D eigenvalue weighted by atomic mass is 9.85. The molecule has 1 heterocycles. The van der Waals surface area contributed by atoms with Crippen molar-refractivity contribution >= 4 is 17.7 Å². The van der Waals surface area contributed by atoms with E-state index in [0.717, 1.165) is 13.1 Å². The van der Waals surface area contributed by atoms with Crippen LogP contribution in [0.5, 0.6) is 0 Å². The summed E-state index contributed by atoms with van der Waals surface area (Å²) >= 11 is 0. The zero-order chi connectivity index (χ0) is 17.7. The third-order valence-electron chi connectivity index (χ3n) is 4.23. The minimum Gasteiger partial charge on any atom is -0.481 e. The number of carbonyl (C=O) groups is 2. The van der Waals surface area contributed by atoms with E-state index in [4.69, 9.17) is 5.11 Å². The molecule has 1 saturated heterocycles. The average Bonchev–Trinajstić information content (AvgIpc) is 2.54. The average molecular weight is 333 g/mol. The van der Waals surface area contributed by atoms with Gasteiger partial charge < -0.3 is 20.2 Å². The number of urea groups is 1. The maximum Gasteiger partial charge on any atom is 0.317 e. The van der Waals surface area contributed by atoms with Crippen molar-refractivity contribution in [1.82, 2.24) is 10.2 Å². The second-order valence-corrected chi connectivity index (χ2v) is 7.12. The number of benzene rings is 1. The van der Waals surface area contributed by atoms with Crippen LogP contribution in [0, 0.1) is 0 Å². The summed E-state index contributed by atoms with van der Waals surface area (Å²) < 4.78 is 0. The highest BCUT2D eigenvalue weighted by Crippen LogP contribution is 2.32. The minimum absolute atomic E-state index is 0.0509. The second kappa shape index (κ2) is 7.55. The fourth-order valence-electron chi connectivity index (χ4n) is 2.92. The number of para-hydroxylation sites is 1. The summed E-state index contributed by atoms with van der Waals surface area (Å²) in [4.78, 5) is 26.6. The summed E-state index contributed by atoms with van der Waals surface area (Å²) in [6.07, 6.45) is -0.0509. The first-order valence-electron chi connectivity index (χ1n) is 8.38. The lowest BCUT2D eigenvalue weighted by Gasteiger charge is -2.38. The molecular formula is C18H27N3O3. The van der Waals surface area contributed by atoms with E-state index in [1.165, 1.54) is 11.3 Å². The van der Waals surface area contributed by atoms with Crippen molar-refractivity contribution in [3.63, 3.8) is 0 Å². The molecule has 0 unspecified atom stereocenters. The van der Waals surface area contributed by atoms with Crippen molar-refractivity contribution in [2.24, 2.45) is 0 Å². The monoisotopic (exact) mass is 333 g/mol. The molecule has 1 aliphatic heterocycles. The Kier molecular flexibility index (Phi) is 5.70. The Hall–Kier alpha value is -2.24. The maximum atomic E-state index is 12.1. The molecule has 0 aromatic heterocycles. The SMILES string of the molecule is CC(C)(C)c1ccccc1N1CCN(C(=O)NCCC(=O)O)CC1. The van der Waals surface area contributed by atoms with Gasteiger partial charge in [-0.25, -0.2) is 4.79 Å². The van der Waals surface area contributed by atoms with Gasteiger partial charge in [0.05, 0.1) is 6.42 Å². The van der Waals surface area contributed by atoms with Gasteiger partial charge in [0.2, 0.25) is 0 Å². The number of anilines is 1. The van der Waals surface area contributed by atoms with Crippen LogP contribution in [0.25, 0.3) is 0 Å². The van der Waals surface area contributed by atoms with E-state index in [-0.39, 0.29) is 24.4 Å². The molecular weight excluding hydrogens is 306 g/mol. The van der Waals surface area contributed by atoms with Crippen molar-refractivity contribution in [1.29, 1.82) is 0 Å². The van der Waals surface area contributed by atoms with Crippen LogP contribution in [0.15, 0.2) is 24.3 Å². The first kappa shape index (κ1) is 18.1. The van der Waals surface area contributed by atoms with Gasteiger partial charge in [-0.05, 0) is 17.0 Å². The predicted molar refractivity (Wildman–Crippen MR) is 94.6 cm³/mol. The van der Waals surface area contributed by atoms with Crippen LogP contribution < -0.4 is 10.2 Å². The van der Waals surface area contributed by atoms with Gasteiger partial charge in [0.15, 0.2) is 0 Å². The van der Waals surface area contributed by atoms with Crippen molar-refractivity contribution in [2.75, 3.05) is 37.6 Å². The Balaban J connectivity index is 1.94. The molecule has 0 radical (unpaired) electrons. The van der Waals surface area contributed by atoms with E-state index in [0.29, 0.717) is 13.1 Å². The highest BCUT2D eigenvalue weighted by molar-refractivity contribution is 5.75. The number of nitrogens with one attached hydrogen (secondary N) is 1. The van der Waals surface area contributed by atoms with Crippen molar-refractivity contribution < 1.29 is 14.7 Å². The smallest absolute Gasteiger partial charge is 0.317 e. The molecule has 0 spiro atoms. The van der Waals surface area contributed by atoms with E-state index in [2.05, 4.69) is 55.3 Å². The number of carboxylic acid groups (broad SMARTS) is 1. The van der Waals surface area contributed by atoms with Gasteiger partial charge in [0.1, 0.15) is 0 Å². The first-order chi connectivity index (χ1) is 11.3. The zero-order valence-corrected chi connectivity index (χ0v) is 14.7. The fraction of sp³-hybridized carbons (Fsp3) is 0.556. The molecule has 0 aliphatic carbocycles. The number of amides is 2. The molecule has 0 bridgehead atoms. The molecule has 6 heteroatoms. The van der Waals surface area contributed by atoms with Gasteiger partial charge in [0.25, 0.3) is 0 Å². The largest absolute Gasteiger partial charge is 0.481 e. The molecule has 0 atom stereocenters. The molecule has 1 fully saturated rings. The lowest BCUT2D eigenvalue weighted by Crippen LogP contribution is -2.52. The minimum atomic E-state index is -0.904. The Labute approximate surface area is 143 Å². The zero-order valence-electron chi connectivity index (χ0n) is 14.7. The van der Waals surface area contributed by atoms with E-state index >= 15 is 0 Å². The number of hydrogen-bond acceptors (Lipinski definition) is 3. The van der Waals surface area contributed by atoms with Crippen LogP contribution in [0.1, 0.15) is 32.8 Å². The number of carbonyl (C=O) groups excluding carboxylic acids is 1. The van der Waals surface area contributed by atoms with E-state index in [1.54, 1.807) is 4.90 Å². The normalized spacial score (nSPS) is 15.3. The molecule has 1 aromatic rings. The number of hydrogen-bond donors (Lipinski definition) is 2. The number of carboxylic acids is 1. The van der Waals surface area contributed by atoms with Gasteiger partial charge in [-0.15, -0.1) is 0 Å². The number of aliphatic carboxylic acids is 1. The van der Waals surface area contributed by atoms with Crippen molar-refractivity contribution in [2.45, 2.75) is 32.6 Å². The van der Waals surface area contributed by atoms with Crippen LogP contribution in [0.4, 0.5) is 10.5 Å². The van der Waals surface area contributed by atoms with E-state index < -0.39 is 5.97 Å². The predicted octanol–water partition coefficient (Wildman–Crippen LogP) is 2.29. The summed E-state index contributed by atoms with van der Waals surface area (Å²) in [5.41, 5.74) is 2.61. The molecule has 1 aliphatic rings. The van der Waals surface area contributed by atoms with Crippen LogP contribution >= 0.6 is 0 Å². The summed E-state index contributed by atoms with van der Waals surface area (Å²) in [7, 11) is 0. The molecule has 1 aromatic carbocycles. The molecule has 2 amide bonds. The third-order valence-corrected chi connectivity index (χ3v) is 4.23. The van der Waals surface area contributed by atoms with Gasteiger partial charge in [-0.2, -0.15) is 0 Å². The summed E-state index contributed by atoms with van der Waals surface area (Å²) in [6, 6.07) is 8.25. The van der Waals surface area contributed by atoms with Crippen molar-refractivity contribution in [3.05, 3.63) is 29.8 Å². The first-order valence-corrected chi connectivity index (χ1v) is 8.38. The van der Waals surface area contributed by atoms with Gasteiger partial charge in [-0.3, -0.25) is 4.79 Å². The lowest BCUT2D eigenvalue weighted by molar-refractivity contribution is -0.136. The third kappa shape index (κ3) is 4.63. The van der Waals surface area contributed by atoms with Crippen molar-refractivity contribution in [3.8, 4) is 0 Å². The Morgan fingerprint density at radius 2 is 1.75 bits per heavy atom. The number of rotatable bonds is 4. The van der Waals surface area contributed by atoms with E-state index in [1.807, 2.05) is 0 Å². The van der Waals surface area contributed by atoms with Crippen LogP contribution in [-0.4, -0.2) is 54.7 Å². The standard InChI is InChI=1S/C18H27N3O3/c1-18(2,3)14-6-4-5-7-15(14)20-10-12-21(13-11-20)17(24)19-9-8-16(22)23/h4-7H,8-13H2,1-3H3,(H,19,24)(H,22,23). The number of nitrogens with zero attached hydrogens (tertiary/aromatic N) is 2. The topological polar surface area (TPSA) is 72.9 Å². The van der Waals surface area contributed by atoms with Crippen LogP contribution in [0.3, 0.4) is 0 Å². The highest BCUT2D eigenvalue weighted by Gasteiger charge is 2.25. The number of piperazine rings is 1. The molecule has 24 heavy (non-hydrogen) atoms. The van der Waals surface area contributed by atoms with Gasteiger partial charge in [0, 0.05) is 38.4 Å². The quantitative estimate of drug-likeness (QED) is 0.887. The Morgan fingerprint density at radius 3 is 2.33 bits per heavy atom. The Bertz CT molecular complexity index is 587. The maximum absolute atomic E-state index is 12.1. The highest BCUT2D eigenvalue weighted by atomic mass is 16.4. The summed E-state index contributed by atoms with van der Waals surface area (Å²) in [5.74, 6) is -0.904. The van der Waals surface area contributed by atoms with Gasteiger partial charge in [-0.1, -0.05) is 39.0 Å². The fourth-order valence-corrected chi connectivity index (χ4v) is 2.92. The molecule has 2 rings (SSSR count). The van der Waals surface area contributed by atoms with Crippen LogP contribution in [0.2, 0.25) is 0 Å². The second-order valence-electron chi connectivity index (χ2n) is 7.12. The molecule has 2 N–H and O–H groups in total. The van der Waals surface area contributed by atoms with Crippen LogP contribution in [-0.2, 0) is 10.2 Å². The summed E-state index contributed by atoms with van der Waals surface area (Å²) in [6.45, 7) is 9.61. The summed E-state index contributed by atoms with van der Waals surface area (Å²) in [5, 5.41) is 11.3. The molecule has 132 valence electrons. The Morgan fingerprint density at radius 1 is 1.12 bits per heavy atom. The van der Waals surface area contributed by atoms with Gasteiger partial charge >= 0.3 is 12.0 Å². The molecule has 6 nitrogen and oxygen atoms in total. The van der Waals surface area contributed by atoms with E-state index in [9.17, 15) is 9.59 Å². The molecule has 0 saturated carbocycles.